The molecule has 4 atom stereocenters. The summed E-state index contributed by atoms with van der Waals surface area (Å²) in [7, 11) is 1.50. The number of hydrogen-bond donors (Lipinski definition) is 2. The molecule has 4 unspecified atom stereocenters. The molecular weight excluding hydrogens is 483 g/mol. The van der Waals surface area contributed by atoms with Gasteiger partial charge >= 0.3 is 5.97 Å². The van der Waals surface area contributed by atoms with Gasteiger partial charge < -0.3 is 15.2 Å². The first-order valence-corrected chi connectivity index (χ1v) is 9.71. The van der Waals surface area contributed by atoms with Crippen molar-refractivity contribution < 1.29 is 19.4 Å². The van der Waals surface area contributed by atoms with E-state index in [-0.39, 0.29) is 10.1 Å². The highest BCUT2D eigenvalue weighted by atomic mass is 35.5. The standard InChI is InChI=1S/C16H11Cl6NO4/c1-27-7-4-2-6(3-5-7)23-12(24)8-9(13(25)26)15(20)11(18)10(17)14(8,19)16(15,21)22/h2-5,8-9H,1H3,(H,23,24)(H,25,26). The van der Waals surface area contributed by atoms with Crippen molar-refractivity contribution >= 4 is 87.2 Å². The zero-order valence-corrected chi connectivity index (χ0v) is 17.9. The quantitative estimate of drug-likeness (QED) is 0.591. The fourth-order valence-electron chi connectivity index (χ4n) is 3.52. The number of carboxylic acid groups (broad SMARTS) is 1. The van der Waals surface area contributed by atoms with Gasteiger partial charge in [0.25, 0.3) is 0 Å². The molecule has 1 aromatic carbocycles. The van der Waals surface area contributed by atoms with E-state index in [1.165, 1.54) is 7.11 Å². The topological polar surface area (TPSA) is 75.6 Å². The number of aliphatic carboxylic acids is 1. The van der Waals surface area contributed by atoms with Crippen LogP contribution in [0.4, 0.5) is 5.69 Å². The summed E-state index contributed by atoms with van der Waals surface area (Å²) in [5.74, 6) is -4.72. The number of carboxylic acids is 1. The van der Waals surface area contributed by atoms with Gasteiger partial charge in [0.05, 0.1) is 29.0 Å². The van der Waals surface area contributed by atoms with E-state index in [9.17, 15) is 14.7 Å². The lowest BCUT2D eigenvalue weighted by Crippen LogP contribution is -2.47. The number of ether oxygens (including phenoxy) is 1. The Labute approximate surface area is 184 Å². The second-order valence-corrected chi connectivity index (χ2v) is 9.41. The number of rotatable bonds is 4. The summed E-state index contributed by atoms with van der Waals surface area (Å²) < 4.78 is 2.91. The molecule has 1 aromatic rings. The molecule has 0 aliphatic heterocycles. The van der Waals surface area contributed by atoms with Crippen molar-refractivity contribution in [2.45, 2.75) is 14.1 Å². The van der Waals surface area contributed by atoms with Gasteiger partial charge in [-0.2, -0.15) is 0 Å². The van der Waals surface area contributed by atoms with Gasteiger partial charge in [-0.05, 0) is 24.3 Å². The number of allylic oxidation sites excluding steroid dienone is 2. The number of hydrogen-bond acceptors (Lipinski definition) is 3. The van der Waals surface area contributed by atoms with E-state index in [1.54, 1.807) is 24.3 Å². The van der Waals surface area contributed by atoms with Gasteiger partial charge in [0.15, 0.2) is 4.33 Å². The Balaban J connectivity index is 2.05. The van der Waals surface area contributed by atoms with Crippen LogP contribution in [0.2, 0.25) is 0 Å². The Morgan fingerprint density at radius 1 is 1.00 bits per heavy atom. The smallest absolute Gasteiger partial charge is 0.309 e. The Morgan fingerprint density at radius 2 is 1.48 bits per heavy atom. The van der Waals surface area contributed by atoms with Crippen LogP contribution in [0, 0.1) is 11.8 Å². The summed E-state index contributed by atoms with van der Waals surface area (Å²) in [6, 6.07) is 6.36. The molecular formula is C16H11Cl6NO4. The van der Waals surface area contributed by atoms with E-state index in [0.717, 1.165) is 0 Å². The Kier molecular flexibility index (Phi) is 5.29. The molecule has 27 heavy (non-hydrogen) atoms. The fourth-order valence-corrected chi connectivity index (χ4v) is 6.46. The normalized spacial score (nSPS) is 33.9. The first-order valence-electron chi connectivity index (χ1n) is 7.44. The number of nitrogens with one attached hydrogen (secondary N) is 1. The number of anilines is 1. The number of carbonyl (C=O) groups excluding carboxylic acids is 1. The molecule has 1 saturated carbocycles. The molecule has 3 rings (SSSR count). The van der Waals surface area contributed by atoms with E-state index in [1.807, 2.05) is 0 Å². The van der Waals surface area contributed by atoms with Gasteiger partial charge in [-0.25, -0.2) is 0 Å². The zero-order valence-electron chi connectivity index (χ0n) is 13.4. The van der Waals surface area contributed by atoms with Crippen LogP contribution in [0.5, 0.6) is 5.75 Å². The number of fused-ring (bicyclic) bond motifs is 2. The minimum absolute atomic E-state index is 0.252. The van der Waals surface area contributed by atoms with Gasteiger partial charge in [-0.3, -0.25) is 9.59 Å². The third-order valence-corrected chi connectivity index (χ3v) is 9.10. The van der Waals surface area contributed by atoms with Crippen LogP contribution in [0.15, 0.2) is 34.3 Å². The number of alkyl halides is 4. The van der Waals surface area contributed by atoms with Gasteiger partial charge in [0.1, 0.15) is 15.5 Å². The average Bonchev–Trinajstić information content (AvgIpc) is 2.82. The molecule has 2 N–H and O–H groups in total. The van der Waals surface area contributed by atoms with E-state index in [2.05, 4.69) is 5.32 Å². The van der Waals surface area contributed by atoms with Crippen molar-refractivity contribution in [1.82, 2.24) is 0 Å². The molecule has 1 fully saturated rings. The van der Waals surface area contributed by atoms with E-state index < -0.39 is 37.8 Å². The lowest BCUT2D eigenvalue weighted by molar-refractivity contribution is -0.146. The maximum absolute atomic E-state index is 13.0. The second kappa shape index (κ2) is 6.75. The minimum Gasteiger partial charge on any atom is -0.497 e. The third-order valence-electron chi connectivity index (χ3n) is 4.84. The highest BCUT2D eigenvalue weighted by Crippen LogP contribution is 2.76. The summed E-state index contributed by atoms with van der Waals surface area (Å²) in [5, 5.41) is 11.8. The first kappa shape index (κ1) is 21.2. The van der Waals surface area contributed by atoms with Crippen LogP contribution in [0.25, 0.3) is 0 Å². The Morgan fingerprint density at radius 3 is 1.93 bits per heavy atom. The lowest BCUT2D eigenvalue weighted by Gasteiger charge is -2.33. The van der Waals surface area contributed by atoms with Crippen LogP contribution in [-0.4, -0.2) is 38.2 Å². The molecule has 146 valence electrons. The average molecular weight is 494 g/mol. The van der Waals surface area contributed by atoms with E-state index >= 15 is 0 Å². The first-order chi connectivity index (χ1) is 12.4. The molecule has 2 aliphatic carbocycles. The molecule has 0 radical (unpaired) electrons. The largest absolute Gasteiger partial charge is 0.497 e. The summed E-state index contributed by atoms with van der Waals surface area (Å²) in [4.78, 5) is 20.8. The second-order valence-electron chi connectivity index (χ2n) is 6.14. The van der Waals surface area contributed by atoms with Gasteiger partial charge in [-0.1, -0.05) is 46.4 Å². The number of amides is 1. The number of halogens is 6. The predicted molar refractivity (Wildman–Crippen MR) is 107 cm³/mol. The monoisotopic (exact) mass is 491 g/mol. The number of carbonyl (C=O) groups is 2. The van der Waals surface area contributed by atoms with Crippen molar-refractivity contribution in [2.75, 3.05) is 12.4 Å². The van der Waals surface area contributed by atoms with Crippen molar-refractivity contribution in [2.24, 2.45) is 11.8 Å². The molecule has 0 saturated heterocycles. The summed E-state index contributed by atoms with van der Waals surface area (Å²) in [5.41, 5.74) is 0.373. The molecule has 2 aliphatic rings. The van der Waals surface area contributed by atoms with Crippen molar-refractivity contribution in [3.05, 3.63) is 34.3 Å². The van der Waals surface area contributed by atoms with Gasteiger partial charge in [-0.15, -0.1) is 23.2 Å². The van der Waals surface area contributed by atoms with Crippen molar-refractivity contribution in [3.63, 3.8) is 0 Å². The molecule has 0 spiro atoms. The predicted octanol–water partition coefficient (Wildman–Crippen LogP) is 4.80. The highest BCUT2D eigenvalue weighted by Gasteiger charge is 2.85. The molecule has 5 nitrogen and oxygen atoms in total. The molecule has 1 amide bonds. The fraction of sp³-hybridized carbons (Fsp3) is 0.375. The summed E-state index contributed by atoms with van der Waals surface area (Å²) in [6.07, 6.45) is 0. The Bertz CT molecular complexity index is 857. The molecule has 0 aromatic heterocycles. The van der Waals surface area contributed by atoms with Crippen LogP contribution in [0.3, 0.4) is 0 Å². The molecule has 2 bridgehead atoms. The number of methoxy groups -OCH3 is 1. The Hall–Kier alpha value is -0.560. The maximum Gasteiger partial charge on any atom is 0.309 e. The minimum atomic E-state index is -2.14. The summed E-state index contributed by atoms with van der Waals surface area (Å²) in [6.45, 7) is 0. The lowest BCUT2D eigenvalue weighted by atomic mass is 9.81. The van der Waals surface area contributed by atoms with Crippen molar-refractivity contribution in [3.8, 4) is 5.75 Å². The SMILES string of the molecule is COc1ccc(NC(=O)C2C(C(=O)O)C3(Cl)C(Cl)=C(Cl)C2(Cl)C3(Cl)Cl)cc1. The maximum atomic E-state index is 13.0. The van der Waals surface area contributed by atoms with E-state index in [0.29, 0.717) is 11.4 Å². The number of benzene rings is 1. The summed E-state index contributed by atoms with van der Waals surface area (Å²) >= 11 is 38.1. The van der Waals surface area contributed by atoms with Crippen LogP contribution >= 0.6 is 69.6 Å². The van der Waals surface area contributed by atoms with Crippen LogP contribution < -0.4 is 10.1 Å². The molecule has 0 heterocycles. The van der Waals surface area contributed by atoms with Gasteiger partial charge in [0.2, 0.25) is 5.91 Å². The molecule has 11 heteroatoms. The highest BCUT2D eigenvalue weighted by molar-refractivity contribution is 6.66. The van der Waals surface area contributed by atoms with Crippen LogP contribution in [-0.2, 0) is 9.59 Å². The van der Waals surface area contributed by atoms with Crippen LogP contribution in [0.1, 0.15) is 0 Å². The zero-order chi connectivity index (χ0) is 20.4. The third kappa shape index (κ3) is 2.59. The van der Waals surface area contributed by atoms with Crippen molar-refractivity contribution in [1.29, 1.82) is 0 Å². The van der Waals surface area contributed by atoms with Gasteiger partial charge in [0, 0.05) is 5.69 Å². The van der Waals surface area contributed by atoms with E-state index in [4.69, 9.17) is 74.3 Å².